The first-order chi connectivity index (χ1) is 21.9. The van der Waals surface area contributed by atoms with Gasteiger partial charge in [0, 0.05) is 35.6 Å². The number of carboxylic acid groups (broad SMARTS) is 1. The van der Waals surface area contributed by atoms with Gasteiger partial charge in [0.2, 0.25) is 18.0 Å². The number of aryl methyl sites for hydroxylation is 1. The van der Waals surface area contributed by atoms with Gasteiger partial charge in [-0.15, -0.1) is 0 Å². The van der Waals surface area contributed by atoms with E-state index in [1.54, 1.807) is 25.1 Å². The van der Waals surface area contributed by atoms with Crippen LogP contribution in [0.4, 0.5) is 36.4 Å². The SMILES string of the molecule is Cc1cccc2c1NC(=O)[C@@H](NC(=O)[C@H](CCC(F)(F)F)[C@H](CCC(F)(F)F)C(=O)NN[C@@H](CS)C(=O)O)N=C2c1cccc(F)c1. The summed E-state index contributed by atoms with van der Waals surface area (Å²) in [5.41, 5.74) is 5.13. The average Bonchev–Trinajstić information content (AvgIpc) is 3.10. The normalized spacial score (nSPS) is 16.9. The molecule has 256 valence electrons. The summed E-state index contributed by atoms with van der Waals surface area (Å²) >= 11 is 3.78. The number of hydrogen-bond donors (Lipinski definition) is 6. The fourth-order valence-electron chi connectivity index (χ4n) is 4.79. The van der Waals surface area contributed by atoms with Crippen molar-refractivity contribution in [1.82, 2.24) is 16.2 Å². The van der Waals surface area contributed by atoms with Crippen molar-refractivity contribution in [1.29, 1.82) is 0 Å². The van der Waals surface area contributed by atoms with Crippen LogP contribution in [0.2, 0.25) is 0 Å². The van der Waals surface area contributed by atoms with Gasteiger partial charge in [-0.1, -0.05) is 30.3 Å². The van der Waals surface area contributed by atoms with Crippen LogP contribution in [0, 0.1) is 24.6 Å². The third-order valence-electron chi connectivity index (χ3n) is 7.15. The number of anilines is 1. The fourth-order valence-corrected chi connectivity index (χ4v) is 5.04. The van der Waals surface area contributed by atoms with Crippen molar-refractivity contribution in [3.63, 3.8) is 0 Å². The Morgan fingerprint density at radius 3 is 2.13 bits per heavy atom. The maximum Gasteiger partial charge on any atom is 0.389 e. The van der Waals surface area contributed by atoms with Gasteiger partial charge < -0.3 is 15.7 Å². The molecule has 0 saturated heterocycles. The molecule has 3 amide bonds. The summed E-state index contributed by atoms with van der Waals surface area (Å²) in [5.74, 6) is -10.6. The van der Waals surface area contributed by atoms with Gasteiger partial charge in [0.1, 0.15) is 11.9 Å². The number of hydrazine groups is 1. The molecule has 0 spiro atoms. The Hall–Kier alpha value is -4.19. The number of alkyl halides is 6. The van der Waals surface area contributed by atoms with Gasteiger partial charge >= 0.3 is 18.3 Å². The van der Waals surface area contributed by atoms with E-state index >= 15 is 0 Å². The highest BCUT2D eigenvalue weighted by atomic mass is 32.1. The molecule has 2 aromatic rings. The van der Waals surface area contributed by atoms with E-state index < -0.39 is 97.3 Å². The van der Waals surface area contributed by atoms with Crippen LogP contribution >= 0.6 is 12.6 Å². The maximum absolute atomic E-state index is 14.2. The second-order valence-corrected chi connectivity index (χ2v) is 11.0. The van der Waals surface area contributed by atoms with Gasteiger partial charge in [-0.3, -0.25) is 24.6 Å². The van der Waals surface area contributed by atoms with Crippen molar-refractivity contribution in [2.75, 3.05) is 11.1 Å². The van der Waals surface area contributed by atoms with Gasteiger partial charge in [-0.05, 0) is 37.5 Å². The molecule has 0 unspecified atom stereocenters. The van der Waals surface area contributed by atoms with E-state index in [-0.39, 0.29) is 17.0 Å². The molecule has 1 aliphatic rings. The van der Waals surface area contributed by atoms with E-state index in [4.69, 9.17) is 5.11 Å². The second kappa shape index (κ2) is 15.6. The Balaban J connectivity index is 2.04. The van der Waals surface area contributed by atoms with E-state index in [2.05, 4.69) is 28.3 Å². The molecule has 47 heavy (non-hydrogen) atoms. The number of benzene rings is 2. The predicted octanol–water partition coefficient (Wildman–Crippen LogP) is 4.29. The van der Waals surface area contributed by atoms with Gasteiger partial charge in [-0.25, -0.2) is 14.8 Å². The Labute approximate surface area is 269 Å². The third-order valence-corrected chi connectivity index (χ3v) is 7.51. The number of benzodiazepines with no additional fused rings is 1. The summed E-state index contributed by atoms with van der Waals surface area (Å²) in [6.07, 6.45) is -17.4. The van der Waals surface area contributed by atoms with Crippen LogP contribution in [0.1, 0.15) is 42.4 Å². The van der Waals surface area contributed by atoms with Crippen LogP contribution in [-0.4, -0.2) is 64.8 Å². The van der Waals surface area contributed by atoms with E-state index in [1.807, 2.05) is 10.9 Å². The molecule has 0 bridgehead atoms. The first-order valence-electron chi connectivity index (χ1n) is 14.0. The highest BCUT2D eigenvalue weighted by Gasteiger charge is 2.41. The smallest absolute Gasteiger partial charge is 0.389 e. The molecule has 10 nitrogen and oxygen atoms in total. The molecule has 1 aliphatic heterocycles. The van der Waals surface area contributed by atoms with Gasteiger partial charge in [0.05, 0.1) is 17.3 Å². The second-order valence-electron chi connectivity index (χ2n) is 10.6. The number of fused-ring (bicyclic) bond motifs is 1. The molecule has 0 fully saturated rings. The summed E-state index contributed by atoms with van der Waals surface area (Å²) in [7, 11) is 0. The van der Waals surface area contributed by atoms with Crippen molar-refractivity contribution >= 4 is 47.7 Å². The van der Waals surface area contributed by atoms with E-state index in [0.717, 1.165) is 12.1 Å². The highest BCUT2D eigenvalue weighted by Crippen LogP contribution is 2.33. The number of para-hydroxylation sites is 1. The van der Waals surface area contributed by atoms with Crippen molar-refractivity contribution < 1.29 is 55.0 Å². The van der Waals surface area contributed by atoms with E-state index in [0.29, 0.717) is 11.1 Å². The summed E-state index contributed by atoms with van der Waals surface area (Å²) < 4.78 is 93.9. The van der Waals surface area contributed by atoms with Crippen molar-refractivity contribution in [2.45, 2.75) is 57.2 Å². The molecule has 0 radical (unpaired) electrons. The molecular weight excluding hydrogens is 663 g/mol. The molecule has 3 rings (SSSR count). The fraction of sp³-hybridized carbons (Fsp3) is 0.414. The molecule has 0 saturated carbocycles. The van der Waals surface area contributed by atoms with Crippen LogP contribution in [0.5, 0.6) is 0 Å². The minimum absolute atomic E-state index is 0.000670. The van der Waals surface area contributed by atoms with Crippen molar-refractivity contribution in [3.05, 3.63) is 65.0 Å². The van der Waals surface area contributed by atoms with Crippen LogP contribution < -0.4 is 21.5 Å². The zero-order valence-electron chi connectivity index (χ0n) is 24.5. The lowest BCUT2D eigenvalue weighted by atomic mass is 9.83. The number of rotatable bonds is 13. The van der Waals surface area contributed by atoms with Crippen LogP contribution in [0.15, 0.2) is 47.5 Å². The number of aliphatic imine (C=N–C) groups is 1. The Morgan fingerprint density at radius 2 is 1.57 bits per heavy atom. The molecule has 0 aliphatic carbocycles. The lowest BCUT2D eigenvalue weighted by Crippen LogP contribution is -2.54. The number of nitrogens with one attached hydrogen (secondary N) is 4. The zero-order valence-corrected chi connectivity index (χ0v) is 25.4. The predicted molar refractivity (Wildman–Crippen MR) is 158 cm³/mol. The monoisotopic (exact) mass is 693 g/mol. The number of amides is 3. The topological polar surface area (TPSA) is 149 Å². The van der Waals surface area contributed by atoms with Crippen LogP contribution in [0.3, 0.4) is 0 Å². The average molecular weight is 694 g/mol. The number of halogens is 7. The van der Waals surface area contributed by atoms with Gasteiger partial charge in [0.25, 0.3) is 5.91 Å². The lowest BCUT2D eigenvalue weighted by molar-refractivity contribution is -0.153. The zero-order chi connectivity index (χ0) is 35.1. The molecular formula is C29H30F7N5O5S. The van der Waals surface area contributed by atoms with Gasteiger partial charge in [0.15, 0.2) is 0 Å². The third kappa shape index (κ3) is 10.7. The number of nitrogens with zero attached hydrogens (tertiary/aromatic N) is 1. The molecule has 18 heteroatoms. The van der Waals surface area contributed by atoms with E-state index in [1.165, 1.54) is 12.1 Å². The number of aliphatic carboxylic acids is 1. The number of carboxylic acids is 1. The Kier molecular flexibility index (Phi) is 12.4. The minimum Gasteiger partial charge on any atom is -0.480 e. The van der Waals surface area contributed by atoms with Crippen molar-refractivity contribution in [2.24, 2.45) is 16.8 Å². The number of hydrogen-bond acceptors (Lipinski definition) is 7. The maximum atomic E-state index is 14.2. The van der Waals surface area contributed by atoms with Crippen molar-refractivity contribution in [3.8, 4) is 0 Å². The first kappa shape index (κ1) is 37.3. The number of carbonyl (C=O) groups is 4. The summed E-state index contributed by atoms with van der Waals surface area (Å²) in [5, 5.41) is 13.9. The summed E-state index contributed by atoms with van der Waals surface area (Å²) in [6.45, 7) is 1.63. The standard InChI is InChI=1S/C29H30F7N5O5S/c1-14-4-2-7-19-21(14)38-26(44)23(37-22(19)15-5-3-6-16(30)12-15)39-24(42)17(8-10-28(31,32)33)18(9-11-29(34,35)36)25(43)41-40-20(13-47)27(45)46/h2-7,12,17-18,20,23,40,47H,8-11,13H2,1H3,(H,38,44)(H,39,42)(H,41,43)(H,45,46)/t17-,18+,20+,23-/m1/s1. The van der Waals surface area contributed by atoms with Gasteiger partial charge in [-0.2, -0.15) is 39.0 Å². The molecule has 4 atom stereocenters. The Bertz CT molecular complexity index is 1520. The molecule has 2 aromatic carbocycles. The molecule has 1 heterocycles. The van der Waals surface area contributed by atoms with E-state index in [9.17, 15) is 49.9 Å². The Morgan fingerprint density at radius 1 is 0.979 bits per heavy atom. The first-order valence-corrected chi connectivity index (χ1v) is 14.6. The molecule has 0 aromatic heterocycles. The minimum atomic E-state index is -4.90. The lowest BCUT2D eigenvalue weighted by Gasteiger charge is -2.28. The van der Waals surface area contributed by atoms with Crippen LogP contribution in [0.25, 0.3) is 0 Å². The van der Waals surface area contributed by atoms with Crippen LogP contribution in [-0.2, 0) is 19.2 Å². The summed E-state index contributed by atoms with van der Waals surface area (Å²) in [6, 6.07) is 8.29. The largest absolute Gasteiger partial charge is 0.480 e. The number of carbonyl (C=O) groups excluding carboxylic acids is 3. The number of thiol groups is 1. The highest BCUT2D eigenvalue weighted by molar-refractivity contribution is 7.80. The quantitative estimate of drug-likeness (QED) is 0.105. The summed E-state index contributed by atoms with van der Waals surface area (Å²) in [4.78, 5) is 55.6. The molecule has 5 N–H and O–H groups in total.